The van der Waals surface area contributed by atoms with E-state index in [9.17, 15) is 4.79 Å². The van der Waals surface area contributed by atoms with Gasteiger partial charge in [-0.3, -0.25) is 0 Å². The van der Waals surface area contributed by atoms with Crippen molar-refractivity contribution in [3.63, 3.8) is 0 Å². The van der Waals surface area contributed by atoms with Crippen molar-refractivity contribution in [2.75, 3.05) is 19.7 Å². The molecule has 1 atom stereocenters. The maximum Gasteiger partial charge on any atom is 0.338 e. The Morgan fingerprint density at radius 3 is 2.84 bits per heavy atom. The molecule has 104 valence electrons. The Balaban J connectivity index is 1.65. The highest BCUT2D eigenvalue weighted by Crippen LogP contribution is 2.16. The smallest absolute Gasteiger partial charge is 0.338 e. The van der Waals surface area contributed by atoms with E-state index in [1.807, 2.05) is 18.2 Å². The number of hydrogen-bond donors (Lipinski definition) is 0. The first-order valence-corrected chi connectivity index (χ1v) is 7.23. The molecule has 1 aliphatic heterocycles. The van der Waals surface area contributed by atoms with Crippen molar-refractivity contribution in [3.05, 3.63) is 35.9 Å². The van der Waals surface area contributed by atoms with Crippen LogP contribution < -0.4 is 0 Å². The van der Waals surface area contributed by atoms with Gasteiger partial charge in [0.15, 0.2) is 0 Å². The lowest BCUT2D eigenvalue weighted by molar-refractivity contribution is 0.0475. The van der Waals surface area contributed by atoms with Crippen LogP contribution in [0.25, 0.3) is 0 Å². The standard InChI is InChI=1S/C16H23NO2/c1-14-8-5-6-11-17(14)12-7-13-19-16(18)15-9-3-2-4-10-15/h2-4,9-10,14H,5-8,11-13H2,1H3/t14-/m0/s1. The van der Waals surface area contributed by atoms with Gasteiger partial charge in [-0.15, -0.1) is 0 Å². The molecule has 1 aliphatic rings. The summed E-state index contributed by atoms with van der Waals surface area (Å²) < 4.78 is 5.29. The Morgan fingerprint density at radius 2 is 2.11 bits per heavy atom. The third kappa shape index (κ3) is 4.35. The molecule has 1 saturated heterocycles. The van der Waals surface area contributed by atoms with Gasteiger partial charge in [0.1, 0.15) is 0 Å². The molecule has 0 spiro atoms. The molecule has 0 aliphatic carbocycles. The molecule has 19 heavy (non-hydrogen) atoms. The van der Waals surface area contributed by atoms with Crippen molar-refractivity contribution in [2.45, 2.75) is 38.6 Å². The van der Waals surface area contributed by atoms with Gasteiger partial charge in [0.05, 0.1) is 12.2 Å². The quantitative estimate of drug-likeness (QED) is 0.602. The number of ether oxygens (including phenoxy) is 1. The number of carbonyl (C=O) groups is 1. The Morgan fingerprint density at radius 1 is 1.32 bits per heavy atom. The van der Waals surface area contributed by atoms with Crippen LogP contribution in [0.15, 0.2) is 30.3 Å². The van der Waals surface area contributed by atoms with E-state index < -0.39 is 0 Å². The molecule has 1 heterocycles. The number of rotatable bonds is 5. The SMILES string of the molecule is C[C@H]1CCCCN1CCCOC(=O)c1ccccc1. The molecule has 1 fully saturated rings. The van der Waals surface area contributed by atoms with Crippen LogP contribution in [0.4, 0.5) is 0 Å². The van der Waals surface area contributed by atoms with Gasteiger partial charge in [0, 0.05) is 12.6 Å². The van der Waals surface area contributed by atoms with Crippen LogP contribution in [0.3, 0.4) is 0 Å². The second-order valence-electron chi connectivity index (χ2n) is 5.24. The maximum absolute atomic E-state index is 11.7. The van der Waals surface area contributed by atoms with Gasteiger partial charge in [-0.1, -0.05) is 24.6 Å². The second kappa shape index (κ2) is 7.29. The van der Waals surface area contributed by atoms with Crippen LogP contribution in [-0.2, 0) is 4.74 Å². The fourth-order valence-corrected chi connectivity index (χ4v) is 2.58. The lowest BCUT2D eigenvalue weighted by atomic mass is 10.0. The first kappa shape index (κ1) is 14.1. The number of piperidine rings is 1. The number of nitrogens with zero attached hydrogens (tertiary/aromatic N) is 1. The Labute approximate surface area is 115 Å². The molecule has 1 aromatic carbocycles. The van der Waals surface area contributed by atoms with Crippen molar-refractivity contribution < 1.29 is 9.53 Å². The van der Waals surface area contributed by atoms with E-state index in [0.717, 1.165) is 13.0 Å². The topological polar surface area (TPSA) is 29.5 Å². The molecule has 0 amide bonds. The third-order valence-electron chi connectivity index (χ3n) is 3.77. The van der Waals surface area contributed by atoms with Gasteiger partial charge in [-0.2, -0.15) is 0 Å². The van der Waals surface area contributed by atoms with Gasteiger partial charge in [-0.05, 0) is 44.9 Å². The van der Waals surface area contributed by atoms with Crippen molar-refractivity contribution in [1.82, 2.24) is 4.90 Å². The van der Waals surface area contributed by atoms with Gasteiger partial charge in [0.2, 0.25) is 0 Å². The van der Waals surface area contributed by atoms with E-state index in [1.54, 1.807) is 12.1 Å². The highest BCUT2D eigenvalue weighted by Gasteiger charge is 2.17. The largest absolute Gasteiger partial charge is 0.462 e. The van der Waals surface area contributed by atoms with E-state index in [4.69, 9.17) is 4.74 Å². The van der Waals surface area contributed by atoms with E-state index >= 15 is 0 Å². The third-order valence-corrected chi connectivity index (χ3v) is 3.77. The number of hydrogen-bond acceptors (Lipinski definition) is 3. The van der Waals surface area contributed by atoms with Crippen LogP contribution in [-0.4, -0.2) is 36.6 Å². The molecular formula is C16H23NO2. The number of carbonyl (C=O) groups excluding carboxylic acids is 1. The van der Waals surface area contributed by atoms with Gasteiger partial charge >= 0.3 is 5.97 Å². The minimum absolute atomic E-state index is 0.215. The monoisotopic (exact) mass is 261 g/mol. The highest BCUT2D eigenvalue weighted by molar-refractivity contribution is 5.89. The molecule has 3 nitrogen and oxygen atoms in total. The summed E-state index contributed by atoms with van der Waals surface area (Å²) in [6.45, 7) is 5.02. The van der Waals surface area contributed by atoms with Gasteiger partial charge < -0.3 is 9.64 Å². The Hall–Kier alpha value is -1.35. The van der Waals surface area contributed by atoms with Crippen LogP contribution in [0.2, 0.25) is 0 Å². The lowest BCUT2D eigenvalue weighted by Gasteiger charge is -2.33. The molecule has 0 unspecified atom stereocenters. The number of esters is 1. The summed E-state index contributed by atoms with van der Waals surface area (Å²) in [4.78, 5) is 14.2. The van der Waals surface area contributed by atoms with Crippen LogP contribution in [0, 0.1) is 0 Å². The number of likely N-dealkylation sites (tertiary alicyclic amines) is 1. The predicted octanol–water partition coefficient (Wildman–Crippen LogP) is 3.11. The molecule has 0 N–H and O–H groups in total. The minimum atomic E-state index is -0.215. The van der Waals surface area contributed by atoms with Gasteiger partial charge in [0.25, 0.3) is 0 Å². The van der Waals surface area contributed by atoms with E-state index in [0.29, 0.717) is 18.2 Å². The van der Waals surface area contributed by atoms with Crippen molar-refractivity contribution in [3.8, 4) is 0 Å². The van der Waals surface area contributed by atoms with E-state index in [-0.39, 0.29) is 5.97 Å². The average Bonchev–Trinajstić information content (AvgIpc) is 2.46. The average molecular weight is 261 g/mol. The van der Waals surface area contributed by atoms with E-state index in [1.165, 1.54) is 25.8 Å². The molecule has 0 aromatic heterocycles. The van der Waals surface area contributed by atoms with Crippen molar-refractivity contribution in [2.24, 2.45) is 0 Å². The molecular weight excluding hydrogens is 238 g/mol. The fourth-order valence-electron chi connectivity index (χ4n) is 2.58. The normalized spacial score (nSPS) is 20.2. The Kier molecular flexibility index (Phi) is 5.40. The van der Waals surface area contributed by atoms with Crippen molar-refractivity contribution in [1.29, 1.82) is 0 Å². The van der Waals surface area contributed by atoms with E-state index in [2.05, 4.69) is 11.8 Å². The van der Waals surface area contributed by atoms with Crippen LogP contribution in [0.5, 0.6) is 0 Å². The Bertz CT molecular complexity index is 391. The molecule has 0 saturated carbocycles. The summed E-state index contributed by atoms with van der Waals surface area (Å²) in [6, 6.07) is 9.86. The predicted molar refractivity (Wildman–Crippen MR) is 76.2 cm³/mol. The first-order valence-electron chi connectivity index (χ1n) is 7.23. The molecule has 0 bridgehead atoms. The summed E-state index contributed by atoms with van der Waals surface area (Å²) in [6.07, 6.45) is 4.86. The van der Waals surface area contributed by atoms with Crippen LogP contribution in [0.1, 0.15) is 43.0 Å². The lowest BCUT2D eigenvalue weighted by Crippen LogP contribution is -2.38. The summed E-state index contributed by atoms with van der Waals surface area (Å²) in [7, 11) is 0. The van der Waals surface area contributed by atoms with Crippen LogP contribution >= 0.6 is 0 Å². The summed E-state index contributed by atoms with van der Waals surface area (Å²) in [5.74, 6) is -0.215. The fraction of sp³-hybridized carbons (Fsp3) is 0.562. The second-order valence-corrected chi connectivity index (χ2v) is 5.24. The number of benzene rings is 1. The highest BCUT2D eigenvalue weighted by atomic mass is 16.5. The minimum Gasteiger partial charge on any atom is -0.462 e. The summed E-state index contributed by atoms with van der Waals surface area (Å²) in [5.41, 5.74) is 0.633. The summed E-state index contributed by atoms with van der Waals surface area (Å²) in [5, 5.41) is 0. The molecule has 2 rings (SSSR count). The molecule has 0 radical (unpaired) electrons. The molecule has 3 heteroatoms. The first-order chi connectivity index (χ1) is 9.27. The zero-order valence-electron chi connectivity index (χ0n) is 11.7. The zero-order chi connectivity index (χ0) is 13.5. The maximum atomic E-state index is 11.7. The van der Waals surface area contributed by atoms with Gasteiger partial charge in [-0.25, -0.2) is 4.79 Å². The molecule has 1 aromatic rings. The zero-order valence-corrected chi connectivity index (χ0v) is 11.7. The van der Waals surface area contributed by atoms with Crippen molar-refractivity contribution >= 4 is 5.97 Å². The summed E-state index contributed by atoms with van der Waals surface area (Å²) >= 11 is 0.